The Morgan fingerprint density at radius 3 is 2.65 bits per heavy atom. The smallest absolute Gasteiger partial charge is 0.115 e. The van der Waals surface area contributed by atoms with E-state index in [-0.39, 0.29) is 0 Å². The summed E-state index contributed by atoms with van der Waals surface area (Å²) in [7, 11) is 0. The highest BCUT2D eigenvalue weighted by Gasteiger charge is 2.07. The number of pyridine rings is 1. The zero-order valence-corrected chi connectivity index (χ0v) is 11.2. The highest BCUT2D eigenvalue weighted by Crippen LogP contribution is 2.09. The molecular weight excluding hydrogens is 250 g/mol. The lowest BCUT2D eigenvalue weighted by molar-refractivity contribution is 0.148. The lowest BCUT2D eigenvalue weighted by Crippen LogP contribution is -2.08. The van der Waals surface area contributed by atoms with Crippen molar-refractivity contribution in [3.05, 3.63) is 78.1 Å². The molecule has 0 radical (unpaired) electrons. The predicted molar refractivity (Wildman–Crippen MR) is 80.4 cm³/mol. The molecule has 1 aromatic heterocycles. The molecule has 4 heteroatoms. The van der Waals surface area contributed by atoms with Crippen molar-refractivity contribution in [2.75, 3.05) is 6.61 Å². The summed E-state index contributed by atoms with van der Waals surface area (Å²) in [5, 5.41) is 3.84. The van der Waals surface area contributed by atoms with Crippen LogP contribution in [0.1, 0.15) is 16.8 Å². The van der Waals surface area contributed by atoms with E-state index in [9.17, 15) is 0 Å². The third-order valence-electron chi connectivity index (χ3n) is 2.75. The molecule has 0 aliphatic rings. The van der Waals surface area contributed by atoms with Gasteiger partial charge in [0.15, 0.2) is 0 Å². The number of hydrogen-bond acceptors (Lipinski definition) is 4. The predicted octanol–water partition coefficient (Wildman–Crippen LogP) is 2.50. The molecule has 4 nitrogen and oxygen atoms in total. The van der Waals surface area contributed by atoms with Crippen molar-refractivity contribution in [3.63, 3.8) is 0 Å². The molecule has 1 heterocycles. The van der Waals surface area contributed by atoms with Crippen LogP contribution >= 0.6 is 0 Å². The Hall–Kier alpha value is -2.46. The Kier molecular flexibility index (Phi) is 5.03. The molecule has 0 atom stereocenters. The van der Waals surface area contributed by atoms with Crippen molar-refractivity contribution in [1.82, 2.24) is 4.98 Å². The van der Waals surface area contributed by atoms with Crippen LogP contribution in [0.5, 0.6) is 0 Å². The summed E-state index contributed by atoms with van der Waals surface area (Å²) in [5.74, 6) is 5.49. The van der Waals surface area contributed by atoms with Gasteiger partial charge in [0, 0.05) is 11.8 Å². The second-order valence-electron chi connectivity index (χ2n) is 4.20. The maximum Gasteiger partial charge on any atom is 0.115 e. The quantitative estimate of drug-likeness (QED) is 0.287. The normalized spacial score (nSPS) is 11.3. The van der Waals surface area contributed by atoms with Crippen LogP contribution < -0.4 is 5.84 Å². The summed E-state index contributed by atoms with van der Waals surface area (Å²) in [5.41, 5.74) is 3.36. The Balaban J connectivity index is 2.14. The van der Waals surface area contributed by atoms with Gasteiger partial charge in [-0.15, -0.1) is 6.58 Å². The Labute approximate surface area is 118 Å². The van der Waals surface area contributed by atoms with E-state index in [2.05, 4.69) is 16.7 Å². The molecule has 1 aromatic carbocycles. The monoisotopic (exact) mass is 267 g/mol. The number of hydrazone groups is 1. The molecule has 0 bridgehead atoms. The van der Waals surface area contributed by atoms with Crippen molar-refractivity contribution < 1.29 is 4.74 Å². The summed E-state index contributed by atoms with van der Waals surface area (Å²) >= 11 is 0. The van der Waals surface area contributed by atoms with Gasteiger partial charge in [0.25, 0.3) is 0 Å². The third-order valence-corrected chi connectivity index (χ3v) is 2.75. The zero-order valence-electron chi connectivity index (χ0n) is 11.2. The molecule has 0 fully saturated rings. The Morgan fingerprint density at radius 1 is 1.25 bits per heavy atom. The zero-order chi connectivity index (χ0) is 14.2. The second kappa shape index (κ2) is 7.21. The van der Waals surface area contributed by atoms with E-state index in [0.717, 1.165) is 16.8 Å². The van der Waals surface area contributed by atoms with Gasteiger partial charge in [-0.1, -0.05) is 42.5 Å². The largest absolute Gasteiger partial charge is 0.373 e. The van der Waals surface area contributed by atoms with Gasteiger partial charge in [-0.3, -0.25) is 4.98 Å². The summed E-state index contributed by atoms with van der Waals surface area (Å²) in [6.45, 7) is 4.65. The molecule has 0 unspecified atom stereocenters. The SMILES string of the molecule is C=CCOCc1ccc(/C(=N/N)c2ccccc2)nc1. The minimum atomic E-state index is 0.514. The van der Waals surface area contributed by atoms with Crippen molar-refractivity contribution in [1.29, 1.82) is 0 Å². The minimum absolute atomic E-state index is 0.514. The van der Waals surface area contributed by atoms with Crippen molar-refractivity contribution in [2.24, 2.45) is 10.9 Å². The van der Waals surface area contributed by atoms with Crippen LogP contribution in [0, 0.1) is 0 Å². The van der Waals surface area contributed by atoms with Crippen LogP contribution in [-0.4, -0.2) is 17.3 Å². The first-order chi connectivity index (χ1) is 9.85. The van der Waals surface area contributed by atoms with Crippen LogP contribution in [-0.2, 0) is 11.3 Å². The highest BCUT2D eigenvalue weighted by molar-refractivity contribution is 6.11. The van der Waals surface area contributed by atoms with E-state index >= 15 is 0 Å². The number of nitrogens with zero attached hydrogens (tertiary/aromatic N) is 2. The van der Waals surface area contributed by atoms with Crippen LogP contribution in [0.4, 0.5) is 0 Å². The highest BCUT2D eigenvalue weighted by atomic mass is 16.5. The molecule has 0 aliphatic carbocycles. The standard InChI is InChI=1S/C16H17N3O/c1-2-10-20-12-13-8-9-15(18-11-13)16(19-17)14-6-4-3-5-7-14/h2-9,11H,1,10,12,17H2/b19-16+. The van der Waals surface area contributed by atoms with E-state index in [1.54, 1.807) is 12.3 Å². The van der Waals surface area contributed by atoms with Gasteiger partial charge in [0.1, 0.15) is 5.71 Å². The summed E-state index contributed by atoms with van der Waals surface area (Å²) in [6, 6.07) is 13.6. The fourth-order valence-electron chi connectivity index (χ4n) is 1.79. The van der Waals surface area contributed by atoms with Crippen LogP contribution in [0.2, 0.25) is 0 Å². The Morgan fingerprint density at radius 2 is 2.05 bits per heavy atom. The fourth-order valence-corrected chi connectivity index (χ4v) is 1.79. The molecule has 2 N–H and O–H groups in total. The van der Waals surface area contributed by atoms with Crippen LogP contribution in [0.15, 0.2) is 66.4 Å². The molecule has 2 aromatic rings. The van der Waals surface area contributed by atoms with Gasteiger partial charge in [-0.05, 0) is 11.6 Å². The number of ether oxygens (including phenoxy) is 1. The summed E-state index contributed by atoms with van der Waals surface area (Å²) in [4.78, 5) is 4.39. The first-order valence-electron chi connectivity index (χ1n) is 6.32. The minimum Gasteiger partial charge on any atom is -0.373 e. The number of benzene rings is 1. The first kappa shape index (κ1) is 14.0. The number of aromatic nitrogens is 1. The fraction of sp³-hybridized carbons (Fsp3) is 0.125. The summed E-state index contributed by atoms with van der Waals surface area (Å²) < 4.78 is 5.37. The van der Waals surface area contributed by atoms with Gasteiger partial charge in [0.05, 0.1) is 18.9 Å². The molecule has 2 rings (SSSR count). The number of hydrogen-bond donors (Lipinski definition) is 1. The number of rotatable bonds is 6. The third kappa shape index (κ3) is 3.52. The molecule has 102 valence electrons. The van der Waals surface area contributed by atoms with Crippen LogP contribution in [0.3, 0.4) is 0 Å². The van der Waals surface area contributed by atoms with E-state index in [1.165, 1.54) is 0 Å². The molecule has 0 aliphatic heterocycles. The molecule has 0 saturated heterocycles. The lowest BCUT2D eigenvalue weighted by atomic mass is 10.1. The molecule has 0 spiro atoms. The van der Waals surface area contributed by atoms with E-state index in [4.69, 9.17) is 10.6 Å². The van der Waals surface area contributed by atoms with Gasteiger partial charge in [-0.2, -0.15) is 5.10 Å². The molecule has 0 amide bonds. The average molecular weight is 267 g/mol. The number of nitrogens with two attached hydrogens (primary N) is 1. The Bertz CT molecular complexity index is 576. The average Bonchev–Trinajstić information content (AvgIpc) is 2.51. The van der Waals surface area contributed by atoms with Gasteiger partial charge >= 0.3 is 0 Å². The lowest BCUT2D eigenvalue weighted by Gasteiger charge is -2.06. The first-order valence-corrected chi connectivity index (χ1v) is 6.32. The topological polar surface area (TPSA) is 60.5 Å². The van der Waals surface area contributed by atoms with Crippen LogP contribution in [0.25, 0.3) is 0 Å². The van der Waals surface area contributed by atoms with E-state index < -0.39 is 0 Å². The maximum atomic E-state index is 5.49. The van der Waals surface area contributed by atoms with E-state index in [1.807, 2.05) is 42.5 Å². The van der Waals surface area contributed by atoms with Gasteiger partial charge in [0.2, 0.25) is 0 Å². The van der Waals surface area contributed by atoms with Crippen molar-refractivity contribution in [2.45, 2.75) is 6.61 Å². The molecule has 0 saturated carbocycles. The molecule has 20 heavy (non-hydrogen) atoms. The van der Waals surface area contributed by atoms with Gasteiger partial charge in [-0.25, -0.2) is 0 Å². The van der Waals surface area contributed by atoms with Crippen molar-refractivity contribution in [3.8, 4) is 0 Å². The second-order valence-corrected chi connectivity index (χ2v) is 4.20. The van der Waals surface area contributed by atoms with Gasteiger partial charge < -0.3 is 10.6 Å². The summed E-state index contributed by atoms with van der Waals surface area (Å²) in [6.07, 6.45) is 3.49. The van der Waals surface area contributed by atoms with E-state index in [0.29, 0.717) is 18.9 Å². The molecular formula is C16H17N3O. The van der Waals surface area contributed by atoms with Crippen molar-refractivity contribution >= 4 is 5.71 Å². The maximum absolute atomic E-state index is 5.49.